The Morgan fingerprint density at radius 2 is 1.69 bits per heavy atom. The van der Waals surface area contributed by atoms with Crippen molar-refractivity contribution < 1.29 is 9.57 Å². The maximum absolute atomic E-state index is 4.98. The van der Waals surface area contributed by atoms with Gasteiger partial charge in [0.05, 0.1) is 13.7 Å². The summed E-state index contributed by atoms with van der Waals surface area (Å²) in [5, 5.41) is 0. The van der Waals surface area contributed by atoms with Crippen LogP contribution in [0.25, 0.3) is 0 Å². The van der Waals surface area contributed by atoms with Gasteiger partial charge in [0, 0.05) is 0 Å². The molecule has 74 valence electrons. The molecule has 0 aliphatic carbocycles. The summed E-state index contributed by atoms with van der Waals surface area (Å²) in [6.45, 7) is 4.43. The first-order chi connectivity index (χ1) is 6.36. The van der Waals surface area contributed by atoms with E-state index >= 15 is 0 Å². The van der Waals surface area contributed by atoms with E-state index in [1.807, 2.05) is 38.1 Å². The lowest BCUT2D eigenvalue weighted by atomic mass is 10.2. The first kappa shape index (κ1) is 11.9. The molecule has 0 unspecified atom stereocenters. The highest BCUT2D eigenvalue weighted by molar-refractivity contribution is 5.26. The van der Waals surface area contributed by atoms with Gasteiger partial charge in [0.2, 0.25) is 0 Å². The monoisotopic (exact) mass is 183 g/mol. The number of hydrogen-bond acceptors (Lipinski definition) is 3. The molecular weight excluding hydrogens is 166 g/mol. The molecule has 0 saturated carbocycles. The summed E-state index contributed by atoms with van der Waals surface area (Å²) < 4.78 is 4.98. The molecule has 13 heavy (non-hydrogen) atoms. The lowest BCUT2D eigenvalue weighted by Crippen LogP contribution is -1.98. The Balaban J connectivity index is 0.000000671. The third kappa shape index (κ3) is 4.50. The summed E-state index contributed by atoms with van der Waals surface area (Å²) in [4.78, 5) is 4.46. The van der Waals surface area contributed by atoms with E-state index in [4.69, 9.17) is 10.6 Å². The molecule has 0 heterocycles. The fourth-order valence-electron chi connectivity index (χ4n) is 0.818. The molecule has 1 aromatic carbocycles. The summed E-state index contributed by atoms with van der Waals surface area (Å²) in [5.41, 5.74) is 1.04. The van der Waals surface area contributed by atoms with Crippen molar-refractivity contribution >= 4 is 0 Å². The Kier molecular flexibility index (Phi) is 6.96. The minimum absolute atomic E-state index is 0.435. The third-order valence-corrected chi connectivity index (χ3v) is 1.41. The molecule has 0 fully saturated rings. The van der Waals surface area contributed by atoms with Crippen LogP contribution < -0.4 is 10.6 Å². The Morgan fingerprint density at radius 1 is 1.15 bits per heavy atom. The molecule has 0 saturated heterocycles. The zero-order valence-electron chi connectivity index (χ0n) is 8.41. The van der Waals surface area contributed by atoms with Crippen LogP contribution >= 0.6 is 0 Å². The van der Waals surface area contributed by atoms with Gasteiger partial charge in [0.25, 0.3) is 0 Å². The lowest BCUT2D eigenvalue weighted by molar-refractivity contribution is 0.124. The number of benzene rings is 1. The normalized spacial score (nSPS) is 8.62. The van der Waals surface area contributed by atoms with E-state index in [2.05, 4.69) is 4.84 Å². The van der Waals surface area contributed by atoms with Gasteiger partial charge in [-0.25, -0.2) is 5.90 Å². The molecule has 0 aliphatic rings. The van der Waals surface area contributed by atoms with Crippen LogP contribution in [0, 0.1) is 0 Å². The number of nitrogens with two attached hydrogens (primary N) is 1. The van der Waals surface area contributed by atoms with Crippen molar-refractivity contribution in [1.29, 1.82) is 0 Å². The molecule has 0 bridgehead atoms. The smallest absolute Gasteiger partial charge is 0.118 e. The highest BCUT2D eigenvalue weighted by atomic mass is 16.6. The second kappa shape index (κ2) is 7.58. The SMILES string of the molecule is CC.COc1ccc(CON)cc1. The van der Waals surface area contributed by atoms with Gasteiger partial charge >= 0.3 is 0 Å². The summed E-state index contributed by atoms with van der Waals surface area (Å²) in [5.74, 6) is 5.74. The summed E-state index contributed by atoms with van der Waals surface area (Å²) in [6, 6.07) is 7.56. The quantitative estimate of drug-likeness (QED) is 0.730. The topological polar surface area (TPSA) is 44.5 Å². The zero-order chi connectivity index (χ0) is 10.1. The summed E-state index contributed by atoms with van der Waals surface area (Å²) >= 11 is 0. The standard InChI is InChI=1S/C8H11NO2.C2H6/c1-10-8-4-2-7(3-5-8)6-11-9;1-2/h2-5H,6,9H2,1H3;1-2H3. The van der Waals surface area contributed by atoms with E-state index < -0.39 is 0 Å². The number of rotatable bonds is 3. The molecule has 0 amide bonds. The van der Waals surface area contributed by atoms with E-state index in [1.165, 1.54) is 0 Å². The molecule has 0 aliphatic heterocycles. The third-order valence-electron chi connectivity index (χ3n) is 1.41. The van der Waals surface area contributed by atoms with E-state index in [9.17, 15) is 0 Å². The second-order valence-electron chi connectivity index (χ2n) is 2.16. The maximum Gasteiger partial charge on any atom is 0.118 e. The number of methoxy groups -OCH3 is 1. The molecule has 1 aromatic rings. The van der Waals surface area contributed by atoms with Crippen molar-refractivity contribution in [2.24, 2.45) is 5.90 Å². The van der Waals surface area contributed by atoms with Crippen molar-refractivity contribution in [2.45, 2.75) is 20.5 Å². The van der Waals surface area contributed by atoms with Crippen LogP contribution in [-0.4, -0.2) is 7.11 Å². The Labute approximate surface area is 79.4 Å². The average molecular weight is 183 g/mol. The zero-order valence-corrected chi connectivity index (χ0v) is 8.41. The van der Waals surface area contributed by atoms with Crippen LogP contribution in [0.2, 0.25) is 0 Å². The largest absolute Gasteiger partial charge is 0.497 e. The minimum atomic E-state index is 0.435. The van der Waals surface area contributed by atoms with Gasteiger partial charge in [-0.3, -0.25) is 4.84 Å². The van der Waals surface area contributed by atoms with Gasteiger partial charge in [-0.1, -0.05) is 26.0 Å². The Hall–Kier alpha value is -1.06. The van der Waals surface area contributed by atoms with Gasteiger partial charge in [-0.2, -0.15) is 0 Å². The van der Waals surface area contributed by atoms with Crippen molar-refractivity contribution in [3.63, 3.8) is 0 Å². The molecule has 0 aromatic heterocycles. The van der Waals surface area contributed by atoms with Crippen molar-refractivity contribution in [1.82, 2.24) is 0 Å². The van der Waals surface area contributed by atoms with E-state index in [0.29, 0.717) is 6.61 Å². The van der Waals surface area contributed by atoms with Crippen LogP contribution in [0.5, 0.6) is 5.75 Å². The Bertz CT molecular complexity index is 209. The highest BCUT2D eigenvalue weighted by Gasteiger charge is 1.91. The van der Waals surface area contributed by atoms with Gasteiger partial charge in [0.15, 0.2) is 0 Å². The predicted octanol–water partition coefficient (Wildman–Crippen LogP) is 2.11. The lowest BCUT2D eigenvalue weighted by Gasteiger charge is -2.00. The van der Waals surface area contributed by atoms with Crippen molar-refractivity contribution in [3.8, 4) is 5.75 Å². The summed E-state index contributed by atoms with van der Waals surface area (Å²) in [7, 11) is 1.63. The maximum atomic E-state index is 4.98. The second-order valence-corrected chi connectivity index (χ2v) is 2.16. The van der Waals surface area contributed by atoms with Gasteiger partial charge < -0.3 is 4.74 Å². The molecule has 3 heteroatoms. The molecule has 0 spiro atoms. The van der Waals surface area contributed by atoms with Crippen LogP contribution in [0.1, 0.15) is 19.4 Å². The van der Waals surface area contributed by atoms with Gasteiger partial charge in [-0.15, -0.1) is 0 Å². The van der Waals surface area contributed by atoms with E-state index in [0.717, 1.165) is 11.3 Å². The van der Waals surface area contributed by atoms with E-state index in [1.54, 1.807) is 7.11 Å². The molecule has 1 rings (SSSR count). The first-order valence-electron chi connectivity index (χ1n) is 4.31. The average Bonchev–Trinajstić information content (AvgIpc) is 2.23. The minimum Gasteiger partial charge on any atom is -0.497 e. The molecule has 0 atom stereocenters. The molecular formula is C10H17NO2. The highest BCUT2D eigenvalue weighted by Crippen LogP contribution is 2.11. The number of hydrogen-bond donors (Lipinski definition) is 1. The summed E-state index contributed by atoms with van der Waals surface area (Å²) in [6.07, 6.45) is 0. The van der Waals surface area contributed by atoms with E-state index in [-0.39, 0.29) is 0 Å². The predicted molar refractivity (Wildman–Crippen MR) is 53.3 cm³/mol. The molecule has 3 nitrogen and oxygen atoms in total. The van der Waals surface area contributed by atoms with Crippen molar-refractivity contribution in [2.75, 3.05) is 7.11 Å². The molecule has 2 N–H and O–H groups in total. The Morgan fingerprint density at radius 3 is 2.08 bits per heavy atom. The van der Waals surface area contributed by atoms with Gasteiger partial charge in [-0.05, 0) is 17.7 Å². The first-order valence-corrected chi connectivity index (χ1v) is 4.31. The van der Waals surface area contributed by atoms with Crippen molar-refractivity contribution in [3.05, 3.63) is 29.8 Å². The van der Waals surface area contributed by atoms with Gasteiger partial charge in [0.1, 0.15) is 5.75 Å². The fraction of sp³-hybridized carbons (Fsp3) is 0.400. The number of ether oxygens (including phenoxy) is 1. The van der Waals surface area contributed by atoms with Crippen LogP contribution in [0.15, 0.2) is 24.3 Å². The van der Waals surface area contributed by atoms with Crippen LogP contribution in [0.3, 0.4) is 0 Å². The van der Waals surface area contributed by atoms with Crippen LogP contribution in [0.4, 0.5) is 0 Å². The molecule has 0 radical (unpaired) electrons. The van der Waals surface area contributed by atoms with Crippen LogP contribution in [-0.2, 0) is 11.4 Å². The fourth-order valence-corrected chi connectivity index (χ4v) is 0.818.